The van der Waals surface area contributed by atoms with Crippen molar-refractivity contribution in [2.24, 2.45) is 0 Å². The second kappa shape index (κ2) is 4.41. The first-order chi connectivity index (χ1) is 7.57. The molecule has 1 saturated heterocycles. The van der Waals surface area contributed by atoms with Gasteiger partial charge >= 0.3 is 6.18 Å². The molecule has 2 rings (SSSR count). The van der Waals surface area contributed by atoms with Crippen molar-refractivity contribution in [1.82, 2.24) is 4.98 Å². The van der Waals surface area contributed by atoms with Gasteiger partial charge in [0.05, 0.1) is 6.61 Å². The maximum atomic E-state index is 12.3. The van der Waals surface area contributed by atoms with Gasteiger partial charge < -0.3 is 4.74 Å². The molecule has 88 valence electrons. The molecule has 0 N–H and O–H groups in total. The van der Waals surface area contributed by atoms with Gasteiger partial charge in [0.15, 0.2) is 0 Å². The Morgan fingerprint density at radius 1 is 1.31 bits per heavy atom. The van der Waals surface area contributed by atoms with Gasteiger partial charge in [-0.1, -0.05) is 6.07 Å². The third kappa shape index (κ3) is 2.52. The molecule has 2 nitrogen and oxygen atoms in total. The molecule has 1 aromatic rings. The molecule has 1 atom stereocenters. The van der Waals surface area contributed by atoms with Gasteiger partial charge in [0.1, 0.15) is 5.69 Å². The normalized spacial score (nSPS) is 22.1. The van der Waals surface area contributed by atoms with Gasteiger partial charge in [-0.3, -0.25) is 4.98 Å². The highest BCUT2D eigenvalue weighted by atomic mass is 19.4. The fourth-order valence-corrected chi connectivity index (χ4v) is 1.82. The third-order valence-corrected chi connectivity index (χ3v) is 2.71. The number of pyridine rings is 1. The summed E-state index contributed by atoms with van der Waals surface area (Å²) in [5, 5.41) is 0. The minimum absolute atomic E-state index is 0.184. The Hall–Kier alpha value is -1.10. The minimum atomic E-state index is -4.36. The molecule has 1 unspecified atom stereocenters. The van der Waals surface area contributed by atoms with Crippen molar-refractivity contribution in [2.45, 2.75) is 24.9 Å². The maximum Gasteiger partial charge on any atom is 0.433 e. The van der Waals surface area contributed by atoms with Gasteiger partial charge in [-0.15, -0.1) is 0 Å². The number of hydrogen-bond acceptors (Lipinski definition) is 2. The molecule has 0 amide bonds. The predicted octanol–water partition coefficient (Wildman–Crippen LogP) is 2.99. The highest BCUT2D eigenvalue weighted by molar-refractivity contribution is 5.20. The average molecular weight is 231 g/mol. The molecule has 0 aliphatic carbocycles. The van der Waals surface area contributed by atoms with Crippen LogP contribution in [0.4, 0.5) is 13.2 Å². The highest BCUT2D eigenvalue weighted by Gasteiger charge is 2.32. The van der Waals surface area contributed by atoms with Gasteiger partial charge in [0.2, 0.25) is 0 Å². The largest absolute Gasteiger partial charge is 0.433 e. The van der Waals surface area contributed by atoms with E-state index in [2.05, 4.69) is 4.98 Å². The van der Waals surface area contributed by atoms with Crippen LogP contribution < -0.4 is 0 Å². The quantitative estimate of drug-likeness (QED) is 0.741. The van der Waals surface area contributed by atoms with Crippen LogP contribution in [0.25, 0.3) is 0 Å². The van der Waals surface area contributed by atoms with Crippen molar-refractivity contribution in [1.29, 1.82) is 0 Å². The van der Waals surface area contributed by atoms with Crippen LogP contribution in [-0.2, 0) is 10.9 Å². The molecule has 0 radical (unpaired) electrons. The van der Waals surface area contributed by atoms with Crippen LogP contribution in [-0.4, -0.2) is 18.2 Å². The SMILES string of the molecule is FC(F)(F)c1ccc(C2CCCOC2)cn1. The zero-order valence-electron chi connectivity index (χ0n) is 8.63. The van der Waals surface area contributed by atoms with Crippen LogP contribution in [0, 0.1) is 0 Å². The van der Waals surface area contributed by atoms with Crippen LogP contribution in [0.2, 0.25) is 0 Å². The lowest BCUT2D eigenvalue weighted by Gasteiger charge is -2.22. The monoisotopic (exact) mass is 231 g/mol. The molecule has 1 aromatic heterocycles. The molecular weight excluding hydrogens is 219 g/mol. The van der Waals surface area contributed by atoms with E-state index in [1.165, 1.54) is 12.3 Å². The van der Waals surface area contributed by atoms with E-state index < -0.39 is 11.9 Å². The summed E-state index contributed by atoms with van der Waals surface area (Å²) in [4.78, 5) is 3.44. The van der Waals surface area contributed by atoms with E-state index in [9.17, 15) is 13.2 Å². The highest BCUT2D eigenvalue weighted by Crippen LogP contribution is 2.30. The van der Waals surface area contributed by atoms with Crippen molar-refractivity contribution in [3.8, 4) is 0 Å². The van der Waals surface area contributed by atoms with Crippen molar-refractivity contribution in [2.75, 3.05) is 13.2 Å². The molecular formula is C11H12F3NO. The molecule has 0 spiro atoms. The Balaban J connectivity index is 2.12. The van der Waals surface area contributed by atoms with Gasteiger partial charge in [-0.05, 0) is 24.5 Å². The first kappa shape index (κ1) is 11.4. The zero-order valence-corrected chi connectivity index (χ0v) is 8.63. The van der Waals surface area contributed by atoms with Gasteiger partial charge in [-0.2, -0.15) is 13.2 Å². The van der Waals surface area contributed by atoms with E-state index in [0.29, 0.717) is 6.61 Å². The van der Waals surface area contributed by atoms with Crippen molar-refractivity contribution < 1.29 is 17.9 Å². The number of rotatable bonds is 1. The molecule has 1 fully saturated rings. The second-order valence-corrected chi connectivity index (χ2v) is 3.89. The molecule has 5 heteroatoms. The van der Waals surface area contributed by atoms with E-state index in [1.807, 2.05) is 0 Å². The molecule has 16 heavy (non-hydrogen) atoms. The van der Waals surface area contributed by atoms with Crippen LogP contribution >= 0.6 is 0 Å². The standard InChI is InChI=1S/C11H12F3NO/c12-11(13,14)10-4-3-8(6-15-10)9-2-1-5-16-7-9/h3-4,6,9H,1-2,5,7H2. The maximum absolute atomic E-state index is 12.3. The first-order valence-corrected chi connectivity index (χ1v) is 5.18. The number of hydrogen-bond donors (Lipinski definition) is 0. The van der Waals surface area contributed by atoms with E-state index in [4.69, 9.17) is 4.74 Å². The number of alkyl halides is 3. The van der Waals surface area contributed by atoms with E-state index in [1.54, 1.807) is 0 Å². The molecule has 0 bridgehead atoms. The van der Waals surface area contributed by atoms with E-state index in [-0.39, 0.29) is 5.92 Å². The topological polar surface area (TPSA) is 22.1 Å². The summed E-state index contributed by atoms with van der Waals surface area (Å²) in [5.41, 5.74) is -0.0133. The van der Waals surface area contributed by atoms with Gasteiger partial charge in [-0.25, -0.2) is 0 Å². The smallest absolute Gasteiger partial charge is 0.381 e. The second-order valence-electron chi connectivity index (χ2n) is 3.89. The average Bonchev–Trinajstić information content (AvgIpc) is 2.29. The van der Waals surface area contributed by atoms with E-state index >= 15 is 0 Å². The summed E-state index contributed by atoms with van der Waals surface area (Å²) in [5.74, 6) is 0.184. The lowest BCUT2D eigenvalue weighted by molar-refractivity contribution is -0.141. The van der Waals surface area contributed by atoms with Crippen LogP contribution in [0.5, 0.6) is 0 Å². The Morgan fingerprint density at radius 2 is 2.12 bits per heavy atom. The molecule has 1 aliphatic heterocycles. The first-order valence-electron chi connectivity index (χ1n) is 5.18. The summed E-state index contributed by atoms with van der Waals surface area (Å²) in [6.45, 7) is 1.32. The fraction of sp³-hybridized carbons (Fsp3) is 0.545. The summed E-state index contributed by atoms with van der Waals surface area (Å²) < 4.78 is 42.1. The Labute approximate surface area is 91.4 Å². The Kier molecular flexibility index (Phi) is 3.14. The Bertz CT molecular complexity index is 341. The van der Waals surface area contributed by atoms with Crippen LogP contribution in [0.1, 0.15) is 30.0 Å². The third-order valence-electron chi connectivity index (χ3n) is 2.71. The molecule has 0 saturated carbocycles. The molecule has 2 heterocycles. The summed E-state index contributed by atoms with van der Waals surface area (Å²) in [6.07, 6.45) is -1.15. The van der Waals surface area contributed by atoms with E-state index in [0.717, 1.165) is 31.1 Å². The lowest BCUT2D eigenvalue weighted by atomic mass is 9.95. The van der Waals surface area contributed by atoms with Crippen molar-refractivity contribution in [3.63, 3.8) is 0 Å². The molecule has 1 aliphatic rings. The lowest BCUT2D eigenvalue weighted by Crippen LogP contribution is -2.16. The van der Waals surface area contributed by atoms with Gasteiger partial charge in [0, 0.05) is 18.7 Å². The Morgan fingerprint density at radius 3 is 2.62 bits per heavy atom. The summed E-state index contributed by atoms with van der Waals surface area (Å²) in [7, 11) is 0. The summed E-state index contributed by atoms with van der Waals surface area (Å²) >= 11 is 0. The summed E-state index contributed by atoms with van der Waals surface area (Å²) in [6, 6.07) is 2.53. The minimum Gasteiger partial charge on any atom is -0.381 e. The van der Waals surface area contributed by atoms with Crippen molar-refractivity contribution >= 4 is 0 Å². The zero-order chi connectivity index (χ0) is 11.6. The number of halogens is 3. The molecule has 0 aromatic carbocycles. The fourth-order valence-electron chi connectivity index (χ4n) is 1.82. The van der Waals surface area contributed by atoms with Gasteiger partial charge in [0.25, 0.3) is 0 Å². The number of nitrogens with zero attached hydrogens (tertiary/aromatic N) is 1. The predicted molar refractivity (Wildman–Crippen MR) is 52.0 cm³/mol. The van der Waals surface area contributed by atoms with Crippen LogP contribution in [0.3, 0.4) is 0 Å². The van der Waals surface area contributed by atoms with Crippen molar-refractivity contribution in [3.05, 3.63) is 29.6 Å². The van der Waals surface area contributed by atoms with Crippen LogP contribution in [0.15, 0.2) is 18.3 Å². The number of ether oxygens (including phenoxy) is 1. The number of aromatic nitrogens is 1.